The van der Waals surface area contributed by atoms with Gasteiger partial charge in [0.15, 0.2) is 6.61 Å². The number of halogens is 2. The third-order valence-corrected chi connectivity index (χ3v) is 4.77. The van der Waals surface area contributed by atoms with Gasteiger partial charge in [-0.25, -0.2) is 13.8 Å². The van der Waals surface area contributed by atoms with Gasteiger partial charge < -0.3 is 18.9 Å². The quantitative estimate of drug-likeness (QED) is 0.546. The van der Waals surface area contributed by atoms with E-state index in [2.05, 4.69) is 10.4 Å². The molecule has 4 rings (SSSR count). The van der Waals surface area contributed by atoms with Gasteiger partial charge in [-0.2, -0.15) is 5.10 Å². The highest BCUT2D eigenvalue weighted by atomic mass is 19.1. The Labute approximate surface area is 185 Å². The summed E-state index contributed by atoms with van der Waals surface area (Å²) in [5.41, 5.74) is 0.0908. The summed E-state index contributed by atoms with van der Waals surface area (Å²) in [6.07, 6.45) is 3.29. The number of benzene rings is 1. The SMILES string of the molecule is O=C(CNC(=O)c1ccc(F)cc1F)OCC(=O)N1N=C(c2ccco2)CC1c1ccco1. The highest BCUT2D eigenvalue weighted by Gasteiger charge is 2.36. The largest absolute Gasteiger partial charge is 0.467 e. The lowest BCUT2D eigenvalue weighted by atomic mass is 10.1. The summed E-state index contributed by atoms with van der Waals surface area (Å²) in [5.74, 6) is -3.40. The second-order valence-electron chi connectivity index (χ2n) is 6.97. The molecule has 0 radical (unpaired) electrons. The smallest absolute Gasteiger partial charge is 0.325 e. The summed E-state index contributed by atoms with van der Waals surface area (Å²) >= 11 is 0. The Morgan fingerprint density at radius 1 is 1.12 bits per heavy atom. The van der Waals surface area contributed by atoms with Gasteiger partial charge in [-0.15, -0.1) is 0 Å². The van der Waals surface area contributed by atoms with Crippen LogP contribution in [-0.4, -0.2) is 41.7 Å². The molecule has 0 saturated heterocycles. The molecule has 11 heteroatoms. The summed E-state index contributed by atoms with van der Waals surface area (Å²) in [5, 5.41) is 7.59. The average Bonchev–Trinajstić information content (AvgIpc) is 3.56. The van der Waals surface area contributed by atoms with E-state index < -0.39 is 54.2 Å². The van der Waals surface area contributed by atoms with E-state index in [1.54, 1.807) is 24.3 Å². The van der Waals surface area contributed by atoms with E-state index in [1.807, 2.05) is 0 Å². The van der Waals surface area contributed by atoms with Gasteiger partial charge in [-0.1, -0.05) is 0 Å². The Bertz CT molecular complexity index is 1190. The van der Waals surface area contributed by atoms with Crippen molar-refractivity contribution in [2.75, 3.05) is 13.2 Å². The van der Waals surface area contributed by atoms with Gasteiger partial charge in [0.2, 0.25) is 0 Å². The monoisotopic (exact) mass is 457 g/mol. The maximum Gasteiger partial charge on any atom is 0.325 e. The molecule has 0 aliphatic carbocycles. The number of carbonyl (C=O) groups excluding carboxylic acids is 3. The van der Waals surface area contributed by atoms with Crippen LogP contribution in [0.2, 0.25) is 0 Å². The average molecular weight is 457 g/mol. The number of ether oxygens (including phenoxy) is 1. The Balaban J connectivity index is 1.34. The van der Waals surface area contributed by atoms with Crippen molar-refractivity contribution < 1.29 is 36.7 Å². The van der Waals surface area contributed by atoms with Crippen LogP contribution in [0, 0.1) is 11.6 Å². The molecule has 9 nitrogen and oxygen atoms in total. The van der Waals surface area contributed by atoms with E-state index in [0.29, 0.717) is 29.7 Å². The van der Waals surface area contributed by atoms with Crippen molar-refractivity contribution in [3.63, 3.8) is 0 Å². The van der Waals surface area contributed by atoms with E-state index in [0.717, 1.165) is 17.1 Å². The number of hydrogen-bond acceptors (Lipinski definition) is 7. The van der Waals surface area contributed by atoms with Crippen molar-refractivity contribution in [1.29, 1.82) is 0 Å². The molecular formula is C22H17F2N3O6. The lowest BCUT2D eigenvalue weighted by Crippen LogP contribution is -2.35. The molecule has 0 spiro atoms. The molecule has 3 aromatic rings. The number of esters is 1. The summed E-state index contributed by atoms with van der Waals surface area (Å²) < 4.78 is 42.3. The first-order valence-corrected chi connectivity index (χ1v) is 9.78. The van der Waals surface area contributed by atoms with Crippen molar-refractivity contribution in [1.82, 2.24) is 10.3 Å². The minimum Gasteiger partial charge on any atom is -0.467 e. The number of carbonyl (C=O) groups is 3. The highest BCUT2D eigenvalue weighted by Crippen LogP contribution is 2.33. The van der Waals surface area contributed by atoms with Crippen LogP contribution in [0.3, 0.4) is 0 Å². The van der Waals surface area contributed by atoms with Crippen molar-refractivity contribution in [3.05, 3.63) is 83.7 Å². The lowest BCUT2D eigenvalue weighted by Gasteiger charge is -2.19. The third-order valence-electron chi connectivity index (χ3n) is 4.77. The zero-order valence-electron chi connectivity index (χ0n) is 17.0. The maximum absolute atomic E-state index is 13.6. The Morgan fingerprint density at radius 3 is 2.61 bits per heavy atom. The molecule has 1 aliphatic rings. The summed E-state index contributed by atoms with van der Waals surface area (Å²) in [4.78, 5) is 36.6. The van der Waals surface area contributed by atoms with E-state index in [1.165, 1.54) is 12.5 Å². The van der Waals surface area contributed by atoms with Crippen LogP contribution in [0.5, 0.6) is 0 Å². The zero-order valence-corrected chi connectivity index (χ0v) is 17.0. The minimum absolute atomic E-state index is 0.333. The van der Waals surface area contributed by atoms with Gasteiger partial charge in [-0.05, 0) is 36.4 Å². The van der Waals surface area contributed by atoms with Crippen molar-refractivity contribution in [3.8, 4) is 0 Å². The van der Waals surface area contributed by atoms with Crippen LogP contribution in [0.1, 0.15) is 34.3 Å². The third kappa shape index (κ3) is 4.97. The molecule has 1 aliphatic heterocycles. The summed E-state index contributed by atoms with van der Waals surface area (Å²) in [7, 11) is 0. The second-order valence-corrected chi connectivity index (χ2v) is 6.97. The van der Waals surface area contributed by atoms with Gasteiger partial charge in [0.05, 0.1) is 18.1 Å². The minimum atomic E-state index is -1.07. The number of rotatable bonds is 7. The number of hydrazone groups is 1. The second kappa shape index (κ2) is 9.47. The summed E-state index contributed by atoms with van der Waals surface area (Å²) in [6.45, 7) is -1.27. The molecule has 2 amide bonds. The van der Waals surface area contributed by atoms with Crippen LogP contribution in [-0.2, 0) is 14.3 Å². The number of hydrogen-bond donors (Lipinski definition) is 1. The van der Waals surface area contributed by atoms with E-state index >= 15 is 0 Å². The van der Waals surface area contributed by atoms with Gasteiger partial charge in [-0.3, -0.25) is 14.4 Å². The van der Waals surface area contributed by atoms with Crippen LogP contribution in [0.25, 0.3) is 0 Å². The van der Waals surface area contributed by atoms with Gasteiger partial charge >= 0.3 is 5.97 Å². The van der Waals surface area contributed by atoms with Crippen LogP contribution in [0.15, 0.2) is 68.9 Å². The van der Waals surface area contributed by atoms with E-state index in [9.17, 15) is 23.2 Å². The highest BCUT2D eigenvalue weighted by molar-refractivity contribution is 6.01. The number of nitrogens with one attached hydrogen (secondary N) is 1. The molecule has 0 fully saturated rings. The van der Waals surface area contributed by atoms with Crippen molar-refractivity contribution in [2.24, 2.45) is 5.10 Å². The first kappa shape index (κ1) is 21.9. The fourth-order valence-electron chi connectivity index (χ4n) is 3.22. The number of nitrogens with zero attached hydrogens (tertiary/aromatic N) is 2. The predicted octanol–water partition coefficient (Wildman–Crippen LogP) is 2.80. The van der Waals surface area contributed by atoms with Crippen LogP contribution >= 0.6 is 0 Å². The van der Waals surface area contributed by atoms with E-state index in [-0.39, 0.29) is 0 Å². The van der Waals surface area contributed by atoms with Crippen LogP contribution < -0.4 is 5.32 Å². The maximum atomic E-state index is 13.6. The molecule has 1 aromatic carbocycles. The van der Waals surface area contributed by atoms with Crippen molar-refractivity contribution >= 4 is 23.5 Å². The molecule has 0 saturated carbocycles. The molecule has 33 heavy (non-hydrogen) atoms. The van der Waals surface area contributed by atoms with Gasteiger partial charge in [0, 0.05) is 12.5 Å². The molecular weight excluding hydrogens is 440 g/mol. The Morgan fingerprint density at radius 2 is 1.91 bits per heavy atom. The molecule has 170 valence electrons. The number of furan rings is 2. The number of amides is 2. The molecule has 2 aromatic heterocycles. The molecule has 3 heterocycles. The molecule has 1 N–H and O–H groups in total. The topological polar surface area (TPSA) is 114 Å². The first-order chi connectivity index (χ1) is 15.9. The Hall–Kier alpha value is -4.28. The normalized spacial score (nSPS) is 15.3. The predicted molar refractivity (Wildman–Crippen MR) is 108 cm³/mol. The van der Waals surface area contributed by atoms with Gasteiger partial charge in [0.1, 0.15) is 41.5 Å². The molecule has 1 unspecified atom stereocenters. The Kier molecular flexibility index (Phi) is 6.29. The van der Waals surface area contributed by atoms with Crippen LogP contribution in [0.4, 0.5) is 8.78 Å². The summed E-state index contributed by atoms with van der Waals surface area (Å²) in [6, 6.07) is 8.64. The standard InChI is InChI=1S/C22H17F2N3O6/c23-13-5-6-14(15(24)9-13)22(30)25-11-21(29)33-12-20(28)27-17(19-4-2-8-32-19)10-16(26-27)18-3-1-7-31-18/h1-9,17H,10-12H2,(H,25,30). The van der Waals surface area contributed by atoms with E-state index in [4.69, 9.17) is 13.6 Å². The molecule has 0 bridgehead atoms. The first-order valence-electron chi connectivity index (χ1n) is 9.78. The van der Waals surface area contributed by atoms with Gasteiger partial charge in [0.25, 0.3) is 11.8 Å². The fourth-order valence-corrected chi connectivity index (χ4v) is 3.22. The van der Waals surface area contributed by atoms with Crippen molar-refractivity contribution in [2.45, 2.75) is 12.5 Å². The lowest BCUT2D eigenvalue weighted by molar-refractivity contribution is -0.152. The molecule has 1 atom stereocenters. The zero-order chi connectivity index (χ0) is 23.4. The fraction of sp³-hybridized carbons (Fsp3) is 0.182.